The number of aromatic nitrogens is 1. The zero-order valence-corrected chi connectivity index (χ0v) is 17.8. The van der Waals surface area contributed by atoms with Crippen LogP contribution in [0.15, 0.2) is 35.9 Å². The van der Waals surface area contributed by atoms with Gasteiger partial charge in [-0.3, -0.25) is 4.79 Å². The summed E-state index contributed by atoms with van der Waals surface area (Å²) in [7, 11) is 0. The molecule has 0 radical (unpaired) electrons. The number of aryl methyl sites for hydroxylation is 1. The van der Waals surface area contributed by atoms with E-state index in [0.717, 1.165) is 29.6 Å². The third kappa shape index (κ3) is 5.80. The molecule has 0 spiro atoms. The van der Waals surface area contributed by atoms with Crippen molar-refractivity contribution in [1.29, 1.82) is 5.26 Å². The van der Waals surface area contributed by atoms with E-state index in [2.05, 4.69) is 23.7 Å². The zero-order valence-electron chi connectivity index (χ0n) is 17.8. The van der Waals surface area contributed by atoms with E-state index in [1.165, 1.54) is 31.2 Å². The Kier molecular flexibility index (Phi) is 7.54. The lowest BCUT2D eigenvalue weighted by Crippen LogP contribution is -2.30. The number of nitrogens with one attached hydrogen (secondary N) is 1. The molecule has 0 unspecified atom stereocenters. The first-order valence-electron chi connectivity index (χ1n) is 9.68. The third-order valence-electron chi connectivity index (χ3n) is 4.55. The summed E-state index contributed by atoms with van der Waals surface area (Å²) in [6.45, 7) is 10.3. The summed E-state index contributed by atoms with van der Waals surface area (Å²) in [4.78, 5) is 24.6. The number of ether oxygens (including phenoxy) is 1. The quantitative estimate of drug-likeness (QED) is 0.416. The Hall–Kier alpha value is -3.40. The Morgan fingerprint density at radius 3 is 2.57 bits per heavy atom. The average molecular weight is 411 g/mol. The summed E-state index contributed by atoms with van der Waals surface area (Å²) in [5.74, 6) is -1.57. The van der Waals surface area contributed by atoms with Gasteiger partial charge in [-0.15, -0.1) is 0 Å². The second kappa shape index (κ2) is 9.88. The van der Waals surface area contributed by atoms with E-state index in [4.69, 9.17) is 4.74 Å². The SMILES string of the molecule is Cc1cc(/C=C(\C#N)C(=O)O[C@H](C)C(=O)Nc2cccc(F)c2)c(C)n1CC(C)C. The fourth-order valence-electron chi connectivity index (χ4n) is 3.00. The highest BCUT2D eigenvalue weighted by Gasteiger charge is 2.21. The molecule has 0 bridgehead atoms. The molecule has 0 aliphatic carbocycles. The molecule has 7 heteroatoms. The Labute approximate surface area is 176 Å². The topological polar surface area (TPSA) is 84.1 Å². The van der Waals surface area contributed by atoms with Crippen LogP contribution < -0.4 is 5.32 Å². The maximum Gasteiger partial charge on any atom is 0.349 e. The van der Waals surface area contributed by atoms with Crippen molar-refractivity contribution in [3.05, 3.63) is 58.7 Å². The summed E-state index contributed by atoms with van der Waals surface area (Å²) < 4.78 is 20.5. The summed E-state index contributed by atoms with van der Waals surface area (Å²) >= 11 is 0. The molecular weight excluding hydrogens is 385 g/mol. The third-order valence-corrected chi connectivity index (χ3v) is 4.55. The number of amides is 1. The highest BCUT2D eigenvalue weighted by atomic mass is 19.1. The zero-order chi connectivity index (χ0) is 22.4. The van der Waals surface area contributed by atoms with E-state index in [-0.39, 0.29) is 11.3 Å². The van der Waals surface area contributed by atoms with Crippen molar-refractivity contribution in [2.45, 2.75) is 47.3 Å². The molecule has 2 rings (SSSR count). The number of halogens is 1. The van der Waals surface area contributed by atoms with Crippen LogP contribution in [0.2, 0.25) is 0 Å². The molecule has 0 aliphatic heterocycles. The lowest BCUT2D eigenvalue weighted by Gasteiger charge is -2.13. The van der Waals surface area contributed by atoms with E-state index < -0.39 is 23.8 Å². The van der Waals surface area contributed by atoms with E-state index in [1.807, 2.05) is 26.0 Å². The van der Waals surface area contributed by atoms with Crippen molar-refractivity contribution >= 4 is 23.6 Å². The number of benzene rings is 1. The molecule has 158 valence electrons. The minimum absolute atomic E-state index is 0.204. The van der Waals surface area contributed by atoms with Gasteiger partial charge in [-0.05, 0) is 62.6 Å². The number of hydrogen-bond donors (Lipinski definition) is 1. The van der Waals surface area contributed by atoms with Crippen LogP contribution in [0, 0.1) is 36.9 Å². The molecule has 1 amide bonds. The predicted molar refractivity (Wildman–Crippen MR) is 113 cm³/mol. The second-order valence-electron chi connectivity index (χ2n) is 7.55. The van der Waals surface area contributed by atoms with E-state index >= 15 is 0 Å². The van der Waals surface area contributed by atoms with Crippen LogP contribution in [0.4, 0.5) is 10.1 Å². The predicted octanol–water partition coefficient (Wildman–Crippen LogP) is 4.38. The van der Waals surface area contributed by atoms with E-state index in [9.17, 15) is 19.2 Å². The van der Waals surface area contributed by atoms with Gasteiger partial charge in [0.1, 0.15) is 17.5 Å². The van der Waals surface area contributed by atoms with Gasteiger partial charge >= 0.3 is 5.97 Å². The Morgan fingerprint density at radius 1 is 1.27 bits per heavy atom. The summed E-state index contributed by atoms with van der Waals surface area (Å²) in [5, 5.41) is 11.9. The summed E-state index contributed by atoms with van der Waals surface area (Å²) in [6, 6.07) is 9.12. The van der Waals surface area contributed by atoms with E-state index in [1.54, 1.807) is 0 Å². The van der Waals surface area contributed by atoms with Gasteiger partial charge in [0.25, 0.3) is 5.91 Å². The number of carbonyl (C=O) groups is 2. The van der Waals surface area contributed by atoms with Crippen molar-refractivity contribution in [2.24, 2.45) is 5.92 Å². The molecule has 1 N–H and O–H groups in total. The number of nitrogens with zero attached hydrogens (tertiary/aromatic N) is 2. The molecule has 0 saturated heterocycles. The van der Waals surface area contributed by atoms with Crippen LogP contribution in [0.25, 0.3) is 6.08 Å². The summed E-state index contributed by atoms with van der Waals surface area (Å²) in [5.41, 5.74) is 2.76. The first kappa shape index (κ1) is 22.9. The molecule has 1 atom stereocenters. The minimum atomic E-state index is -1.16. The van der Waals surface area contributed by atoms with Gasteiger partial charge < -0.3 is 14.6 Å². The van der Waals surface area contributed by atoms with Gasteiger partial charge in [-0.2, -0.15) is 5.26 Å². The van der Waals surface area contributed by atoms with Gasteiger partial charge in [-0.25, -0.2) is 9.18 Å². The van der Waals surface area contributed by atoms with Crippen LogP contribution in [0.1, 0.15) is 37.7 Å². The van der Waals surface area contributed by atoms with Gasteiger partial charge in [0.05, 0.1) is 0 Å². The van der Waals surface area contributed by atoms with E-state index in [0.29, 0.717) is 5.92 Å². The average Bonchev–Trinajstić information content (AvgIpc) is 2.92. The van der Waals surface area contributed by atoms with Crippen molar-refractivity contribution < 1.29 is 18.7 Å². The van der Waals surface area contributed by atoms with Crippen LogP contribution in [-0.4, -0.2) is 22.5 Å². The van der Waals surface area contributed by atoms with Crippen molar-refractivity contribution in [2.75, 3.05) is 5.32 Å². The molecule has 0 aliphatic rings. The first-order valence-corrected chi connectivity index (χ1v) is 9.68. The first-order chi connectivity index (χ1) is 14.1. The fraction of sp³-hybridized carbons (Fsp3) is 0.348. The Bertz CT molecular complexity index is 1020. The van der Waals surface area contributed by atoms with Gasteiger partial charge in [0, 0.05) is 23.6 Å². The lowest BCUT2D eigenvalue weighted by atomic mass is 10.1. The van der Waals surface area contributed by atoms with Gasteiger partial charge in [0.15, 0.2) is 6.10 Å². The molecule has 1 aromatic heterocycles. The minimum Gasteiger partial charge on any atom is -0.448 e. The normalized spacial score (nSPS) is 12.4. The molecule has 0 fully saturated rings. The number of anilines is 1. The number of esters is 1. The molecule has 1 heterocycles. The molecule has 1 aromatic carbocycles. The molecule has 6 nitrogen and oxygen atoms in total. The Morgan fingerprint density at radius 2 is 1.97 bits per heavy atom. The number of carbonyl (C=O) groups excluding carboxylic acids is 2. The van der Waals surface area contributed by atoms with Crippen LogP contribution in [-0.2, 0) is 20.9 Å². The highest BCUT2D eigenvalue weighted by Crippen LogP contribution is 2.20. The standard InChI is InChI=1S/C23H26FN3O3/c1-14(2)13-27-15(3)9-18(16(27)4)10-19(12-25)23(29)30-17(5)22(28)26-21-8-6-7-20(24)11-21/h6-11,14,17H,13H2,1-5H3,(H,26,28)/b19-10+/t17-/m1/s1. The van der Waals surface area contributed by atoms with Crippen molar-refractivity contribution in [3.63, 3.8) is 0 Å². The van der Waals surface area contributed by atoms with Crippen LogP contribution in [0.5, 0.6) is 0 Å². The maximum absolute atomic E-state index is 13.2. The van der Waals surface area contributed by atoms with Crippen molar-refractivity contribution in [3.8, 4) is 6.07 Å². The molecule has 2 aromatic rings. The Balaban J connectivity index is 2.12. The summed E-state index contributed by atoms with van der Waals surface area (Å²) in [6.07, 6.45) is 0.310. The van der Waals surface area contributed by atoms with Crippen LogP contribution in [0.3, 0.4) is 0 Å². The number of rotatable bonds is 7. The molecule has 30 heavy (non-hydrogen) atoms. The van der Waals surface area contributed by atoms with Crippen molar-refractivity contribution in [1.82, 2.24) is 4.57 Å². The molecular formula is C23H26FN3O3. The van der Waals surface area contributed by atoms with Crippen LogP contribution >= 0.6 is 0 Å². The number of nitriles is 1. The second-order valence-corrected chi connectivity index (χ2v) is 7.55. The lowest BCUT2D eigenvalue weighted by molar-refractivity contribution is -0.148. The smallest absolute Gasteiger partial charge is 0.349 e. The molecule has 0 saturated carbocycles. The monoisotopic (exact) mass is 411 g/mol. The largest absolute Gasteiger partial charge is 0.448 e. The number of hydrogen-bond acceptors (Lipinski definition) is 4. The van der Waals surface area contributed by atoms with Gasteiger partial charge in [0.2, 0.25) is 0 Å². The van der Waals surface area contributed by atoms with Gasteiger partial charge in [-0.1, -0.05) is 19.9 Å². The fourth-order valence-corrected chi connectivity index (χ4v) is 3.00. The highest BCUT2D eigenvalue weighted by molar-refractivity contribution is 6.01. The maximum atomic E-state index is 13.2.